The van der Waals surface area contributed by atoms with E-state index in [0.29, 0.717) is 0 Å². The van der Waals surface area contributed by atoms with E-state index in [9.17, 15) is 0 Å². The van der Waals surface area contributed by atoms with Gasteiger partial charge in [-0.2, -0.15) is 10.5 Å². The van der Waals surface area contributed by atoms with Gasteiger partial charge in [-0.1, -0.05) is 29.5 Å². The predicted octanol–water partition coefficient (Wildman–Crippen LogP) is 4.49. The van der Waals surface area contributed by atoms with Gasteiger partial charge in [-0.3, -0.25) is 0 Å². The highest BCUT2D eigenvalue weighted by atomic mass is 32.2. The van der Waals surface area contributed by atoms with Crippen molar-refractivity contribution < 1.29 is 0 Å². The van der Waals surface area contributed by atoms with Gasteiger partial charge in [-0.15, -0.1) is 0 Å². The maximum atomic E-state index is 8.65. The summed E-state index contributed by atoms with van der Waals surface area (Å²) in [5.41, 5.74) is 2.14. The fourth-order valence-electron chi connectivity index (χ4n) is 1.61. The summed E-state index contributed by atoms with van der Waals surface area (Å²) in [6.07, 6.45) is 1.40. The first-order chi connectivity index (χ1) is 10.2. The zero-order valence-electron chi connectivity index (χ0n) is 11.5. The molecule has 0 unspecified atom stereocenters. The van der Waals surface area contributed by atoms with Gasteiger partial charge in [0, 0.05) is 21.7 Å². The number of aryl methyl sites for hydroxylation is 1. The highest BCUT2D eigenvalue weighted by molar-refractivity contribution is 7.99. The van der Waals surface area contributed by atoms with E-state index in [0.717, 1.165) is 10.6 Å². The molecule has 0 aromatic heterocycles. The molecule has 0 atom stereocenters. The van der Waals surface area contributed by atoms with E-state index >= 15 is 0 Å². The van der Waals surface area contributed by atoms with Crippen LogP contribution in [-0.4, -0.2) is 0 Å². The van der Waals surface area contributed by atoms with Crippen molar-refractivity contribution in [3.63, 3.8) is 0 Å². The normalized spacial score (nSPS) is 9.29. The van der Waals surface area contributed by atoms with Crippen molar-refractivity contribution in [2.24, 2.45) is 0 Å². The molecule has 0 heterocycles. The number of anilines is 1. The largest absolute Gasteiger partial charge is 0.360 e. The minimum atomic E-state index is 0.0492. The first-order valence-corrected chi connectivity index (χ1v) is 7.14. The lowest BCUT2D eigenvalue weighted by Gasteiger charge is -2.04. The third-order valence-electron chi connectivity index (χ3n) is 2.74. The molecule has 0 bridgehead atoms. The SMILES string of the molecule is Cc1ccc(Sc2ccc(NC=C(C#N)C#N)cc2)cc1. The average molecular weight is 291 g/mol. The van der Waals surface area contributed by atoms with Crippen LogP contribution in [0.15, 0.2) is 70.1 Å². The van der Waals surface area contributed by atoms with Crippen molar-refractivity contribution in [1.29, 1.82) is 10.5 Å². The summed E-state index contributed by atoms with van der Waals surface area (Å²) in [5.74, 6) is 0. The Morgan fingerprint density at radius 2 is 1.48 bits per heavy atom. The first kappa shape index (κ1) is 14.7. The molecule has 0 spiro atoms. The Kier molecular flexibility index (Phi) is 5.04. The number of rotatable bonds is 4. The van der Waals surface area contributed by atoms with Gasteiger partial charge in [-0.05, 0) is 43.3 Å². The number of nitrogens with one attached hydrogen (secondary N) is 1. The monoisotopic (exact) mass is 291 g/mol. The van der Waals surface area contributed by atoms with Crippen molar-refractivity contribution in [3.8, 4) is 12.1 Å². The second kappa shape index (κ2) is 7.19. The van der Waals surface area contributed by atoms with Crippen LogP contribution < -0.4 is 5.32 Å². The van der Waals surface area contributed by atoms with Crippen molar-refractivity contribution in [1.82, 2.24) is 0 Å². The van der Waals surface area contributed by atoms with E-state index in [2.05, 4.69) is 36.5 Å². The van der Waals surface area contributed by atoms with E-state index < -0.39 is 0 Å². The summed E-state index contributed by atoms with van der Waals surface area (Å²) in [5, 5.41) is 20.2. The highest BCUT2D eigenvalue weighted by Crippen LogP contribution is 2.28. The van der Waals surface area contributed by atoms with Gasteiger partial charge in [0.1, 0.15) is 17.7 Å². The summed E-state index contributed by atoms with van der Waals surface area (Å²) in [7, 11) is 0. The van der Waals surface area contributed by atoms with E-state index in [1.54, 1.807) is 23.9 Å². The lowest BCUT2D eigenvalue weighted by molar-refractivity contribution is 1.36. The molecule has 0 fully saturated rings. The number of nitriles is 2. The molecule has 0 saturated carbocycles. The topological polar surface area (TPSA) is 59.6 Å². The third-order valence-corrected chi connectivity index (χ3v) is 3.75. The fourth-order valence-corrected chi connectivity index (χ4v) is 2.42. The summed E-state index contributed by atoms with van der Waals surface area (Å²) in [6, 6.07) is 19.8. The number of nitrogens with zero attached hydrogens (tertiary/aromatic N) is 2. The van der Waals surface area contributed by atoms with Crippen LogP contribution in [0.5, 0.6) is 0 Å². The Labute approximate surface area is 128 Å². The smallest absolute Gasteiger partial charge is 0.145 e. The number of hydrogen-bond acceptors (Lipinski definition) is 4. The lowest BCUT2D eigenvalue weighted by atomic mass is 10.2. The molecule has 0 aliphatic heterocycles. The summed E-state index contributed by atoms with van der Waals surface area (Å²) in [4.78, 5) is 2.33. The van der Waals surface area contributed by atoms with Gasteiger partial charge >= 0.3 is 0 Å². The van der Waals surface area contributed by atoms with E-state index in [1.165, 1.54) is 16.7 Å². The van der Waals surface area contributed by atoms with E-state index in [1.807, 2.05) is 24.3 Å². The molecule has 0 radical (unpaired) electrons. The minimum absolute atomic E-state index is 0.0492. The van der Waals surface area contributed by atoms with Crippen LogP contribution in [0, 0.1) is 29.6 Å². The number of hydrogen-bond donors (Lipinski definition) is 1. The number of allylic oxidation sites excluding steroid dienone is 1. The predicted molar refractivity (Wildman–Crippen MR) is 84.7 cm³/mol. The molecule has 102 valence electrons. The molecule has 2 aromatic rings. The Bertz CT molecular complexity index is 701. The quantitative estimate of drug-likeness (QED) is 0.843. The maximum absolute atomic E-state index is 8.65. The number of benzene rings is 2. The minimum Gasteiger partial charge on any atom is -0.360 e. The Hall–Kier alpha value is -2.69. The van der Waals surface area contributed by atoms with E-state index in [4.69, 9.17) is 10.5 Å². The summed E-state index contributed by atoms with van der Waals surface area (Å²) < 4.78 is 0. The third kappa shape index (κ3) is 4.42. The molecule has 3 nitrogen and oxygen atoms in total. The zero-order valence-corrected chi connectivity index (χ0v) is 12.3. The Morgan fingerprint density at radius 3 is 2.00 bits per heavy atom. The molecule has 0 saturated heterocycles. The van der Waals surface area contributed by atoms with Crippen LogP contribution in [0.2, 0.25) is 0 Å². The summed E-state index contributed by atoms with van der Waals surface area (Å²) >= 11 is 1.69. The van der Waals surface area contributed by atoms with Gasteiger partial charge in [0.2, 0.25) is 0 Å². The van der Waals surface area contributed by atoms with Crippen molar-refractivity contribution >= 4 is 17.4 Å². The van der Waals surface area contributed by atoms with Crippen molar-refractivity contribution in [2.75, 3.05) is 5.32 Å². The Balaban J connectivity index is 2.03. The average Bonchev–Trinajstić information content (AvgIpc) is 2.52. The summed E-state index contributed by atoms with van der Waals surface area (Å²) in [6.45, 7) is 2.07. The van der Waals surface area contributed by atoms with Gasteiger partial charge in [0.05, 0.1) is 0 Å². The molecular weight excluding hydrogens is 278 g/mol. The van der Waals surface area contributed by atoms with Crippen molar-refractivity contribution in [3.05, 3.63) is 65.9 Å². The van der Waals surface area contributed by atoms with Crippen molar-refractivity contribution in [2.45, 2.75) is 16.7 Å². The second-order valence-electron chi connectivity index (χ2n) is 4.37. The molecule has 4 heteroatoms. The standard InChI is InChI=1S/C17H13N3S/c1-13-2-6-16(7-3-13)21-17-8-4-15(5-9-17)20-12-14(10-18)11-19/h2-9,12,20H,1H3. The molecule has 0 aliphatic carbocycles. The molecule has 0 amide bonds. The van der Waals surface area contributed by atoms with Crippen LogP contribution >= 0.6 is 11.8 Å². The second-order valence-corrected chi connectivity index (χ2v) is 5.51. The molecule has 21 heavy (non-hydrogen) atoms. The molecular formula is C17H13N3S. The van der Waals surface area contributed by atoms with E-state index in [-0.39, 0.29) is 5.57 Å². The molecule has 1 N–H and O–H groups in total. The molecule has 2 rings (SSSR count). The Morgan fingerprint density at radius 1 is 0.952 bits per heavy atom. The molecule has 0 aliphatic rings. The highest BCUT2D eigenvalue weighted by Gasteiger charge is 1.98. The zero-order chi connectivity index (χ0) is 15.1. The van der Waals surface area contributed by atoms with Crippen LogP contribution in [0.3, 0.4) is 0 Å². The first-order valence-electron chi connectivity index (χ1n) is 6.33. The van der Waals surface area contributed by atoms with Crippen LogP contribution in [-0.2, 0) is 0 Å². The molecule has 2 aromatic carbocycles. The fraction of sp³-hybridized carbons (Fsp3) is 0.0588. The maximum Gasteiger partial charge on any atom is 0.145 e. The van der Waals surface area contributed by atoms with Crippen LogP contribution in [0.25, 0.3) is 0 Å². The lowest BCUT2D eigenvalue weighted by Crippen LogP contribution is -1.89. The van der Waals surface area contributed by atoms with Gasteiger partial charge in [0.15, 0.2) is 0 Å². The van der Waals surface area contributed by atoms with Gasteiger partial charge < -0.3 is 5.32 Å². The van der Waals surface area contributed by atoms with Crippen LogP contribution in [0.1, 0.15) is 5.56 Å². The van der Waals surface area contributed by atoms with Gasteiger partial charge in [0.25, 0.3) is 0 Å². The van der Waals surface area contributed by atoms with Gasteiger partial charge in [-0.25, -0.2) is 0 Å². The van der Waals surface area contributed by atoms with Crippen LogP contribution in [0.4, 0.5) is 5.69 Å².